The lowest BCUT2D eigenvalue weighted by Gasteiger charge is -2.16. The monoisotopic (exact) mass is 178 g/mol. The molecule has 1 aromatic rings. The summed E-state index contributed by atoms with van der Waals surface area (Å²) >= 11 is 0. The SMILES string of the molecule is CC(C)c1cnc(C(C)(C)C)nc1. The Bertz CT molecular complexity index is 267. The van der Waals surface area contributed by atoms with E-state index >= 15 is 0 Å². The van der Waals surface area contributed by atoms with Crippen molar-refractivity contribution in [2.45, 2.75) is 46.0 Å². The van der Waals surface area contributed by atoms with Gasteiger partial charge >= 0.3 is 0 Å². The molecule has 1 rings (SSSR count). The first kappa shape index (κ1) is 10.2. The molecule has 0 saturated carbocycles. The van der Waals surface area contributed by atoms with Crippen molar-refractivity contribution in [3.8, 4) is 0 Å². The van der Waals surface area contributed by atoms with Crippen LogP contribution in [0.4, 0.5) is 0 Å². The minimum Gasteiger partial charge on any atom is -0.241 e. The van der Waals surface area contributed by atoms with Crippen LogP contribution in [0.25, 0.3) is 0 Å². The van der Waals surface area contributed by atoms with E-state index in [0.29, 0.717) is 5.92 Å². The Morgan fingerprint density at radius 2 is 1.54 bits per heavy atom. The molecule has 0 fully saturated rings. The van der Waals surface area contributed by atoms with Gasteiger partial charge in [-0.25, -0.2) is 9.97 Å². The van der Waals surface area contributed by atoms with Gasteiger partial charge in [-0.1, -0.05) is 34.6 Å². The molecule has 2 nitrogen and oxygen atoms in total. The summed E-state index contributed by atoms with van der Waals surface area (Å²) in [6.45, 7) is 10.7. The third kappa shape index (κ3) is 2.51. The standard InChI is InChI=1S/C11H18N2/c1-8(2)9-6-12-10(13-7-9)11(3,4)5/h6-8H,1-5H3. The van der Waals surface area contributed by atoms with E-state index in [1.165, 1.54) is 5.56 Å². The summed E-state index contributed by atoms with van der Waals surface area (Å²) in [5.41, 5.74) is 1.25. The van der Waals surface area contributed by atoms with Crippen LogP contribution >= 0.6 is 0 Å². The number of hydrogen-bond donors (Lipinski definition) is 0. The fraction of sp³-hybridized carbons (Fsp3) is 0.636. The van der Waals surface area contributed by atoms with Gasteiger partial charge in [-0.05, 0) is 11.5 Å². The molecule has 0 saturated heterocycles. The van der Waals surface area contributed by atoms with Crippen LogP contribution in [-0.4, -0.2) is 9.97 Å². The van der Waals surface area contributed by atoms with Crippen molar-refractivity contribution in [2.24, 2.45) is 0 Å². The molecule has 0 radical (unpaired) electrons. The molecular weight excluding hydrogens is 160 g/mol. The first-order valence-corrected chi connectivity index (χ1v) is 4.73. The maximum atomic E-state index is 4.36. The lowest BCUT2D eigenvalue weighted by atomic mass is 9.95. The molecule has 0 aromatic carbocycles. The Kier molecular flexibility index (Phi) is 2.69. The summed E-state index contributed by atoms with van der Waals surface area (Å²) in [6, 6.07) is 0. The molecule has 72 valence electrons. The van der Waals surface area contributed by atoms with E-state index in [9.17, 15) is 0 Å². The number of rotatable bonds is 1. The minimum absolute atomic E-state index is 0.0511. The lowest BCUT2D eigenvalue weighted by molar-refractivity contribution is 0.543. The topological polar surface area (TPSA) is 25.8 Å². The highest BCUT2D eigenvalue weighted by Crippen LogP contribution is 2.19. The molecule has 13 heavy (non-hydrogen) atoms. The first-order chi connectivity index (χ1) is 5.91. The van der Waals surface area contributed by atoms with E-state index in [0.717, 1.165) is 5.82 Å². The second kappa shape index (κ2) is 3.44. The molecule has 0 aliphatic carbocycles. The van der Waals surface area contributed by atoms with Crippen molar-refractivity contribution in [1.82, 2.24) is 9.97 Å². The fourth-order valence-corrected chi connectivity index (χ4v) is 1.02. The molecule has 0 unspecified atom stereocenters. The fourth-order valence-electron chi connectivity index (χ4n) is 1.02. The van der Waals surface area contributed by atoms with Gasteiger partial charge in [-0.2, -0.15) is 0 Å². The predicted molar refractivity (Wildman–Crippen MR) is 54.8 cm³/mol. The Balaban J connectivity index is 2.94. The molecule has 0 amide bonds. The van der Waals surface area contributed by atoms with E-state index in [1.54, 1.807) is 0 Å². The molecule has 0 N–H and O–H groups in total. The van der Waals surface area contributed by atoms with Gasteiger partial charge in [-0.15, -0.1) is 0 Å². The summed E-state index contributed by atoms with van der Waals surface area (Å²) in [4.78, 5) is 8.72. The lowest BCUT2D eigenvalue weighted by Crippen LogP contribution is -2.15. The van der Waals surface area contributed by atoms with Crippen molar-refractivity contribution >= 4 is 0 Å². The zero-order valence-corrected chi connectivity index (χ0v) is 9.13. The van der Waals surface area contributed by atoms with Gasteiger partial charge in [0.05, 0.1) is 0 Å². The van der Waals surface area contributed by atoms with Crippen LogP contribution in [0, 0.1) is 0 Å². The van der Waals surface area contributed by atoms with Gasteiger partial charge in [0.2, 0.25) is 0 Å². The summed E-state index contributed by atoms with van der Waals surface area (Å²) in [5, 5.41) is 0. The molecule has 0 atom stereocenters. The predicted octanol–water partition coefficient (Wildman–Crippen LogP) is 2.90. The molecule has 1 heterocycles. The van der Waals surface area contributed by atoms with Crippen molar-refractivity contribution < 1.29 is 0 Å². The van der Waals surface area contributed by atoms with E-state index in [4.69, 9.17) is 0 Å². The van der Waals surface area contributed by atoms with Gasteiger partial charge in [0.15, 0.2) is 0 Å². The maximum Gasteiger partial charge on any atom is 0.133 e. The molecular formula is C11H18N2. The zero-order chi connectivity index (χ0) is 10.1. The quantitative estimate of drug-likeness (QED) is 0.660. The number of aromatic nitrogens is 2. The molecule has 0 spiro atoms. The van der Waals surface area contributed by atoms with Crippen LogP contribution in [0.5, 0.6) is 0 Å². The Labute approximate surface area is 80.4 Å². The summed E-state index contributed by atoms with van der Waals surface area (Å²) in [7, 11) is 0. The second-order valence-corrected chi connectivity index (χ2v) is 4.74. The molecule has 0 bridgehead atoms. The van der Waals surface area contributed by atoms with Gasteiger partial charge in [0, 0.05) is 17.8 Å². The van der Waals surface area contributed by atoms with Crippen LogP contribution in [-0.2, 0) is 5.41 Å². The van der Waals surface area contributed by atoms with Gasteiger partial charge in [0.1, 0.15) is 5.82 Å². The second-order valence-electron chi connectivity index (χ2n) is 4.74. The van der Waals surface area contributed by atoms with E-state index in [1.807, 2.05) is 12.4 Å². The first-order valence-electron chi connectivity index (χ1n) is 4.73. The van der Waals surface area contributed by atoms with Crippen molar-refractivity contribution in [3.63, 3.8) is 0 Å². The minimum atomic E-state index is 0.0511. The Morgan fingerprint density at radius 1 is 1.08 bits per heavy atom. The third-order valence-corrected chi connectivity index (χ3v) is 2.01. The number of hydrogen-bond acceptors (Lipinski definition) is 2. The van der Waals surface area contributed by atoms with E-state index in [2.05, 4.69) is 44.6 Å². The largest absolute Gasteiger partial charge is 0.241 e. The van der Waals surface area contributed by atoms with Crippen LogP contribution in [0.1, 0.15) is 51.9 Å². The maximum absolute atomic E-state index is 4.36. The molecule has 1 aromatic heterocycles. The smallest absolute Gasteiger partial charge is 0.133 e. The highest BCUT2D eigenvalue weighted by Gasteiger charge is 2.16. The van der Waals surface area contributed by atoms with E-state index < -0.39 is 0 Å². The number of nitrogens with zero attached hydrogens (tertiary/aromatic N) is 2. The van der Waals surface area contributed by atoms with Crippen molar-refractivity contribution in [2.75, 3.05) is 0 Å². The van der Waals surface area contributed by atoms with Gasteiger partial charge in [0.25, 0.3) is 0 Å². The van der Waals surface area contributed by atoms with Crippen LogP contribution in [0.3, 0.4) is 0 Å². The average molecular weight is 178 g/mol. The van der Waals surface area contributed by atoms with Gasteiger partial charge < -0.3 is 0 Å². The summed E-state index contributed by atoms with van der Waals surface area (Å²) in [5.74, 6) is 1.42. The molecule has 0 aliphatic heterocycles. The Hall–Kier alpha value is -0.920. The third-order valence-electron chi connectivity index (χ3n) is 2.01. The van der Waals surface area contributed by atoms with Crippen molar-refractivity contribution in [3.05, 3.63) is 23.8 Å². The summed E-state index contributed by atoms with van der Waals surface area (Å²) in [6.07, 6.45) is 3.86. The van der Waals surface area contributed by atoms with Crippen molar-refractivity contribution in [1.29, 1.82) is 0 Å². The van der Waals surface area contributed by atoms with Crippen LogP contribution in [0.2, 0.25) is 0 Å². The zero-order valence-electron chi connectivity index (χ0n) is 9.13. The normalized spacial score (nSPS) is 12.2. The average Bonchev–Trinajstić information content (AvgIpc) is 2.03. The van der Waals surface area contributed by atoms with Crippen LogP contribution in [0.15, 0.2) is 12.4 Å². The molecule has 2 heteroatoms. The molecule has 0 aliphatic rings. The van der Waals surface area contributed by atoms with Crippen LogP contribution < -0.4 is 0 Å². The Morgan fingerprint density at radius 3 is 1.85 bits per heavy atom. The highest BCUT2D eigenvalue weighted by molar-refractivity contribution is 5.12. The summed E-state index contributed by atoms with van der Waals surface area (Å²) < 4.78 is 0. The highest BCUT2D eigenvalue weighted by atomic mass is 14.9. The van der Waals surface area contributed by atoms with Gasteiger partial charge in [-0.3, -0.25) is 0 Å². The van der Waals surface area contributed by atoms with E-state index in [-0.39, 0.29) is 5.41 Å².